The van der Waals surface area contributed by atoms with E-state index in [1.807, 2.05) is 0 Å². The number of amidine groups is 1. The number of nitrogens with zero attached hydrogens (tertiary/aromatic N) is 3. The van der Waals surface area contributed by atoms with E-state index in [-0.39, 0.29) is 35.0 Å². The van der Waals surface area contributed by atoms with Crippen LogP contribution in [0.15, 0.2) is 39.7 Å². The molecule has 0 bridgehead atoms. The van der Waals surface area contributed by atoms with E-state index in [9.17, 15) is 35.1 Å². The van der Waals surface area contributed by atoms with Crippen LogP contribution in [-0.4, -0.2) is 41.1 Å². The van der Waals surface area contributed by atoms with Crippen LogP contribution in [0.3, 0.4) is 0 Å². The number of hydrogen-bond donors (Lipinski definition) is 0. The molecule has 0 radical (unpaired) electrons. The first-order valence-corrected chi connectivity index (χ1v) is 9.40. The van der Waals surface area contributed by atoms with Crippen molar-refractivity contribution in [2.75, 3.05) is 19.2 Å². The molecule has 0 aliphatic carbocycles. The number of aliphatic imine (C=N–C) groups is 1. The Labute approximate surface area is 168 Å². The van der Waals surface area contributed by atoms with E-state index < -0.39 is 47.6 Å². The van der Waals surface area contributed by atoms with Crippen LogP contribution in [0, 0.1) is 5.82 Å². The van der Waals surface area contributed by atoms with Crippen molar-refractivity contribution < 1.29 is 39.9 Å². The lowest BCUT2D eigenvalue weighted by Crippen LogP contribution is -2.37. The molecular formula is C17H11F8N3OS. The van der Waals surface area contributed by atoms with Gasteiger partial charge in [-0.2, -0.15) is 26.3 Å². The van der Waals surface area contributed by atoms with E-state index in [2.05, 4.69) is 14.7 Å². The molecule has 0 fully saturated rings. The third-order valence-electron chi connectivity index (χ3n) is 4.87. The molecular weight excluding hydrogens is 446 g/mol. The maximum Gasteiger partial charge on any atom is 0.436 e. The predicted molar refractivity (Wildman–Crippen MR) is 89.6 cm³/mol. The predicted octanol–water partition coefficient (Wildman–Crippen LogP) is 4.93. The zero-order valence-corrected chi connectivity index (χ0v) is 15.6. The molecule has 13 heteroatoms. The van der Waals surface area contributed by atoms with Crippen molar-refractivity contribution in [1.82, 2.24) is 9.88 Å². The van der Waals surface area contributed by atoms with Crippen molar-refractivity contribution in [3.05, 3.63) is 46.9 Å². The van der Waals surface area contributed by atoms with Gasteiger partial charge in [0.05, 0.1) is 17.0 Å². The molecule has 1 atom stereocenters. The van der Waals surface area contributed by atoms with Gasteiger partial charge in [0.2, 0.25) is 6.86 Å². The minimum Gasteiger partial charge on any atom is -0.459 e. The number of fused-ring (bicyclic) bond motifs is 3. The molecule has 3 aliphatic rings. The molecule has 162 valence electrons. The summed E-state index contributed by atoms with van der Waals surface area (Å²) in [5.74, 6) is -1.95. The van der Waals surface area contributed by atoms with Gasteiger partial charge in [0.15, 0.2) is 23.1 Å². The van der Waals surface area contributed by atoms with Gasteiger partial charge in [0.25, 0.3) is 0 Å². The summed E-state index contributed by atoms with van der Waals surface area (Å²) in [6.07, 6.45) is -7.34. The summed E-state index contributed by atoms with van der Waals surface area (Å²) in [7, 11) is 0. The average Bonchev–Trinajstić information content (AvgIpc) is 3.00. The summed E-state index contributed by atoms with van der Waals surface area (Å²) in [6.45, 7) is -1.62. The number of rotatable bonds is 2. The summed E-state index contributed by atoms with van der Waals surface area (Å²) in [6, 6.07) is 0. The zero-order valence-electron chi connectivity index (χ0n) is 14.7. The highest BCUT2D eigenvalue weighted by Crippen LogP contribution is 2.49. The van der Waals surface area contributed by atoms with Gasteiger partial charge in [0, 0.05) is 23.7 Å². The lowest BCUT2D eigenvalue weighted by atomic mass is 9.88. The van der Waals surface area contributed by atoms with Crippen LogP contribution in [0.5, 0.6) is 0 Å². The van der Waals surface area contributed by atoms with Gasteiger partial charge in [-0.05, 0) is 12.5 Å². The van der Waals surface area contributed by atoms with Gasteiger partial charge in [-0.25, -0.2) is 13.8 Å². The Hall–Kier alpha value is -2.31. The van der Waals surface area contributed by atoms with Crippen molar-refractivity contribution in [3.63, 3.8) is 0 Å². The fourth-order valence-electron chi connectivity index (χ4n) is 3.57. The highest BCUT2D eigenvalue weighted by molar-refractivity contribution is 7.99. The SMILES string of the molecule is FCOC1=CC(C(F)(F)F)=CN2C[C@@]3(CCSc4c3cnc(C(F)(F)F)c4F)N=C12. The maximum absolute atomic E-state index is 14.6. The van der Waals surface area contributed by atoms with E-state index in [1.54, 1.807) is 0 Å². The summed E-state index contributed by atoms with van der Waals surface area (Å²) in [5, 5.41) is 0. The van der Waals surface area contributed by atoms with Gasteiger partial charge in [-0.3, -0.25) is 4.99 Å². The minimum absolute atomic E-state index is 0.0349. The molecule has 0 saturated heterocycles. The minimum atomic E-state index is -5.00. The number of pyridine rings is 1. The standard InChI is InChI=1S/C17H11F8N3OS/c18-7-29-10-3-8(16(20,21)22)5-28-6-15(27-14(10)28)1-2-30-12-9(15)4-26-13(11(12)19)17(23,24)25/h3-5H,1-2,6-7H2/t15-/m1/s1. The second kappa shape index (κ2) is 6.86. The molecule has 1 aromatic heterocycles. The fourth-order valence-corrected chi connectivity index (χ4v) is 4.84. The summed E-state index contributed by atoms with van der Waals surface area (Å²) in [4.78, 5) is 8.35. The second-order valence-electron chi connectivity index (χ2n) is 6.70. The number of ether oxygens (including phenoxy) is 1. The van der Waals surface area contributed by atoms with E-state index in [1.165, 1.54) is 0 Å². The summed E-state index contributed by atoms with van der Waals surface area (Å²) in [5.41, 5.74) is -4.09. The van der Waals surface area contributed by atoms with Crippen molar-refractivity contribution >= 4 is 17.6 Å². The van der Waals surface area contributed by atoms with Crippen molar-refractivity contribution in [1.29, 1.82) is 0 Å². The van der Waals surface area contributed by atoms with E-state index in [0.717, 1.165) is 29.1 Å². The monoisotopic (exact) mass is 457 g/mol. The van der Waals surface area contributed by atoms with Gasteiger partial charge in [0.1, 0.15) is 5.54 Å². The molecule has 4 heterocycles. The Morgan fingerprint density at radius 1 is 1.17 bits per heavy atom. The van der Waals surface area contributed by atoms with E-state index in [4.69, 9.17) is 0 Å². The number of halogens is 8. The van der Waals surface area contributed by atoms with Crippen molar-refractivity contribution in [2.24, 2.45) is 4.99 Å². The van der Waals surface area contributed by atoms with Crippen LogP contribution < -0.4 is 0 Å². The Kier molecular flexibility index (Phi) is 4.79. The Morgan fingerprint density at radius 3 is 2.53 bits per heavy atom. The highest BCUT2D eigenvalue weighted by atomic mass is 32.2. The quantitative estimate of drug-likeness (QED) is 0.591. The molecule has 0 N–H and O–H groups in total. The van der Waals surface area contributed by atoms with Crippen molar-refractivity contribution in [2.45, 2.75) is 29.2 Å². The lowest BCUT2D eigenvalue weighted by Gasteiger charge is -2.33. The molecule has 1 spiro atoms. The van der Waals surface area contributed by atoms with Crippen LogP contribution in [0.4, 0.5) is 35.1 Å². The Bertz CT molecular complexity index is 984. The topological polar surface area (TPSA) is 37.7 Å². The van der Waals surface area contributed by atoms with Gasteiger partial charge in [-0.1, -0.05) is 0 Å². The molecule has 0 aromatic carbocycles. The molecule has 0 amide bonds. The third-order valence-corrected chi connectivity index (χ3v) is 5.97. The van der Waals surface area contributed by atoms with Crippen LogP contribution in [0.25, 0.3) is 0 Å². The van der Waals surface area contributed by atoms with Gasteiger partial charge < -0.3 is 9.64 Å². The normalized spacial score (nSPS) is 23.6. The lowest BCUT2D eigenvalue weighted by molar-refractivity contribution is -0.144. The third kappa shape index (κ3) is 3.32. The Morgan fingerprint density at radius 2 is 1.90 bits per heavy atom. The number of aromatic nitrogens is 1. The second-order valence-corrected chi connectivity index (χ2v) is 7.80. The molecule has 4 rings (SSSR count). The molecule has 30 heavy (non-hydrogen) atoms. The summed E-state index contributed by atoms with van der Waals surface area (Å²) < 4.78 is 111. The van der Waals surface area contributed by atoms with Gasteiger partial charge in [-0.15, -0.1) is 11.8 Å². The number of allylic oxidation sites excluding steroid dienone is 2. The first-order valence-electron chi connectivity index (χ1n) is 8.41. The first kappa shape index (κ1) is 20.9. The molecule has 1 aromatic rings. The average molecular weight is 457 g/mol. The molecule has 0 unspecified atom stereocenters. The first-order chi connectivity index (χ1) is 14.0. The highest BCUT2D eigenvalue weighted by Gasteiger charge is 2.49. The van der Waals surface area contributed by atoms with E-state index >= 15 is 0 Å². The van der Waals surface area contributed by atoms with Crippen LogP contribution in [0.2, 0.25) is 0 Å². The molecule has 3 aliphatic heterocycles. The van der Waals surface area contributed by atoms with Gasteiger partial charge >= 0.3 is 12.4 Å². The van der Waals surface area contributed by atoms with Crippen LogP contribution >= 0.6 is 11.8 Å². The smallest absolute Gasteiger partial charge is 0.436 e. The Balaban J connectivity index is 1.82. The molecule has 4 nitrogen and oxygen atoms in total. The van der Waals surface area contributed by atoms with Crippen molar-refractivity contribution in [3.8, 4) is 0 Å². The molecule has 0 saturated carbocycles. The van der Waals surface area contributed by atoms with E-state index in [0.29, 0.717) is 6.08 Å². The van der Waals surface area contributed by atoms with Crippen LogP contribution in [-0.2, 0) is 16.5 Å². The zero-order chi connectivity index (χ0) is 21.9. The number of alkyl halides is 7. The maximum atomic E-state index is 14.6. The summed E-state index contributed by atoms with van der Waals surface area (Å²) >= 11 is 0.852. The largest absolute Gasteiger partial charge is 0.459 e. The van der Waals surface area contributed by atoms with Crippen LogP contribution in [0.1, 0.15) is 17.7 Å². The number of thioether (sulfide) groups is 1. The number of hydrogen-bond acceptors (Lipinski definition) is 5. The fraction of sp³-hybridized carbons (Fsp3) is 0.412.